The summed E-state index contributed by atoms with van der Waals surface area (Å²) in [5.74, 6) is 0. The van der Waals surface area contributed by atoms with Gasteiger partial charge in [0.05, 0.1) is 11.4 Å². The molecule has 0 fully saturated rings. The van der Waals surface area contributed by atoms with Crippen molar-refractivity contribution in [3.8, 4) is 0 Å². The monoisotopic (exact) mass is 560 g/mol. The molecule has 42 heavy (non-hydrogen) atoms. The van der Waals surface area contributed by atoms with Crippen molar-refractivity contribution in [3.63, 3.8) is 0 Å². The average Bonchev–Trinajstić information content (AvgIpc) is 2.95. The Hall–Kier alpha value is -3.31. The van der Waals surface area contributed by atoms with Gasteiger partial charge in [0.2, 0.25) is 0 Å². The van der Waals surface area contributed by atoms with Crippen LogP contribution in [0, 0.1) is 20.8 Å². The maximum atomic E-state index is 5.19. The van der Waals surface area contributed by atoms with Crippen LogP contribution in [0.15, 0.2) is 91.0 Å². The van der Waals surface area contributed by atoms with Crippen molar-refractivity contribution in [1.29, 1.82) is 0 Å². The molecule has 1 aliphatic rings. The minimum Gasteiger partial charge on any atom is -0.299 e. The van der Waals surface area contributed by atoms with Crippen molar-refractivity contribution in [2.24, 2.45) is 0 Å². The molecule has 0 saturated carbocycles. The third kappa shape index (κ3) is 9.62. The molecule has 1 aliphatic heterocycles. The molecule has 0 amide bonds. The van der Waals surface area contributed by atoms with Crippen LogP contribution in [0.25, 0.3) is 0 Å². The molecular formula is C38H48N4. The van der Waals surface area contributed by atoms with Gasteiger partial charge in [-0.1, -0.05) is 95.6 Å². The highest BCUT2D eigenvalue weighted by atomic mass is 15.2. The Labute approximate surface area is 254 Å². The van der Waals surface area contributed by atoms with Crippen LogP contribution >= 0.6 is 0 Å². The molecule has 1 aromatic heterocycles. The van der Waals surface area contributed by atoms with Gasteiger partial charge >= 0.3 is 0 Å². The largest absolute Gasteiger partial charge is 0.299 e. The third-order valence-corrected chi connectivity index (χ3v) is 8.25. The van der Waals surface area contributed by atoms with Gasteiger partial charge in [0.25, 0.3) is 0 Å². The quantitative estimate of drug-likeness (QED) is 0.241. The lowest BCUT2D eigenvalue weighted by molar-refractivity contribution is 0.204. The topological polar surface area (TPSA) is 22.6 Å². The van der Waals surface area contributed by atoms with Crippen LogP contribution in [0.4, 0.5) is 0 Å². The summed E-state index contributed by atoms with van der Waals surface area (Å²) in [4.78, 5) is 13.1. The predicted molar refractivity (Wildman–Crippen MR) is 175 cm³/mol. The van der Waals surface area contributed by atoms with Crippen molar-refractivity contribution in [2.45, 2.75) is 72.8 Å². The van der Waals surface area contributed by atoms with Crippen LogP contribution in [-0.2, 0) is 32.7 Å². The zero-order valence-electron chi connectivity index (χ0n) is 25.9. The summed E-state index contributed by atoms with van der Waals surface area (Å²) < 4.78 is 0. The van der Waals surface area contributed by atoms with E-state index in [0.717, 1.165) is 65.3 Å². The van der Waals surface area contributed by atoms with E-state index in [9.17, 15) is 0 Å². The molecule has 3 aromatic carbocycles. The molecule has 2 bridgehead atoms. The molecule has 0 saturated heterocycles. The van der Waals surface area contributed by atoms with E-state index in [-0.39, 0.29) is 0 Å². The Morgan fingerprint density at radius 1 is 0.476 bits per heavy atom. The van der Waals surface area contributed by atoms with Crippen LogP contribution in [0.1, 0.15) is 64.0 Å². The van der Waals surface area contributed by atoms with Gasteiger partial charge in [-0.3, -0.25) is 19.7 Å². The zero-order valence-corrected chi connectivity index (χ0v) is 25.9. The number of nitrogens with zero attached hydrogens (tertiary/aromatic N) is 4. The van der Waals surface area contributed by atoms with Crippen LogP contribution in [0.5, 0.6) is 0 Å². The van der Waals surface area contributed by atoms with Crippen molar-refractivity contribution in [3.05, 3.63) is 136 Å². The van der Waals surface area contributed by atoms with Crippen molar-refractivity contribution >= 4 is 0 Å². The van der Waals surface area contributed by atoms with Gasteiger partial charge in [-0.25, -0.2) is 0 Å². The van der Waals surface area contributed by atoms with Crippen LogP contribution in [-0.4, -0.2) is 45.9 Å². The standard InChI is InChI=1S/C38H48N4/c1-31-11-6-14-34(23-31)26-40-19-4-5-20-41(27-35-15-7-12-32(2)24-35)29-37-17-9-18-38(39-37)30-42(22-10-21-40)28-36-16-8-13-33(3)25-36/h6-9,11-18,23-25H,4-5,10,19-22,26-30H2,1-3H3. The van der Waals surface area contributed by atoms with E-state index >= 15 is 0 Å². The summed E-state index contributed by atoms with van der Waals surface area (Å²) in [6.07, 6.45) is 3.54. The second-order valence-corrected chi connectivity index (χ2v) is 12.3. The molecule has 0 atom stereocenters. The maximum Gasteiger partial charge on any atom is 0.0548 e. The van der Waals surface area contributed by atoms with E-state index < -0.39 is 0 Å². The summed E-state index contributed by atoms with van der Waals surface area (Å²) in [5.41, 5.74) is 10.5. The van der Waals surface area contributed by atoms with Gasteiger partial charge in [0.15, 0.2) is 0 Å². The van der Waals surface area contributed by atoms with Crippen molar-refractivity contribution < 1.29 is 0 Å². The highest BCUT2D eigenvalue weighted by molar-refractivity contribution is 5.24. The Bertz CT molecular complexity index is 1410. The fourth-order valence-corrected chi connectivity index (χ4v) is 6.26. The number of rotatable bonds is 6. The zero-order chi connectivity index (χ0) is 29.1. The van der Waals surface area contributed by atoms with Gasteiger partial charge in [-0.05, 0) is 88.5 Å². The second-order valence-electron chi connectivity index (χ2n) is 12.3. The summed E-state index contributed by atoms with van der Waals surface area (Å²) in [6.45, 7) is 15.6. The first kappa shape index (κ1) is 30.2. The molecule has 5 rings (SSSR count). The first-order chi connectivity index (χ1) is 20.5. The van der Waals surface area contributed by atoms with E-state index in [2.05, 4.69) is 126 Å². The lowest BCUT2D eigenvalue weighted by Crippen LogP contribution is -2.31. The number of aryl methyl sites for hydroxylation is 3. The fraction of sp³-hybridized carbons (Fsp3) is 0.395. The Kier molecular flexibility index (Phi) is 10.9. The van der Waals surface area contributed by atoms with E-state index in [1.807, 2.05) is 0 Å². The molecule has 0 N–H and O–H groups in total. The molecule has 0 radical (unpaired) electrons. The van der Waals surface area contributed by atoms with E-state index in [4.69, 9.17) is 4.98 Å². The molecule has 4 aromatic rings. The lowest BCUT2D eigenvalue weighted by atomic mass is 10.1. The number of hydrogen-bond acceptors (Lipinski definition) is 4. The molecule has 4 heteroatoms. The highest BCUT2D eigenvalue weighted by Gasteiger charge is 2.15. The summed E-state index contributed by atoms with van der Waals surface area (Å²) in [6, 6.07) is 33.6. The summed E-state index contributed by atoms with van der Waals surface area (Å²) in [5, 5.41) is 0. The van der Waals surface area contributed by atoms with Crippen LogP contribution in [0.2, 0.25) is 0 Å². The lowest BCUT2D eigenvalue weighted by Gasteiger charge is -2.26. The SMILES string of the molecule is Cc1cccc(CN2CCCCN(Cc3cccc(C)c3)Cc3cccc(n3)CN(Cc3cccc(C)c3)CCC2)c1. The molecule has 220 valence electrons. The molecule has 0 spiro atoms. The van der Waals surface area contributed by atoms with Crippen LogP contribution in [0.3, 0.4) is 0 Å². The number of benzene rings is 3. The van der Waals surface area contributed by atoms with Gasteiger partial charge in [0, 0.05) is 39.3 Å². The smallest absolute Gasteiger partial charge is 0.0548 e. The minimum atomic E-state index is 0.873. The molecular weight excluding hydrogens is 512 g/mol. The van der Waals surface area contributed by atoms with Gasteiger partial charge < -0.3 is 0 Å². The number of hydrogen-bond donors (Lipinski definition) is 0. The Morgan fingerprint density at radius 3 is 1.33 bits per heavy atom. The molecule has 2 heterocycles. The normalized spacial score (nSPS) is 16.5. The number of fused-ring (bicyclic) bond motifs is 2. The van der Waals surface area contributed by atoms with Crippen LogP contribution < -0.4 is 0 Å². The number of pyridine rings is 1. The fourth-order valence-electron chi connectivity index (χ4n) is 6.26. The first-order valence-corrected chi connectivity index (χ1v) is 15.8. The average molecular weight is 561 g/mol. The number of aromatic nitrogens is 1. The molecule has 4 nitrogen and oxygen atoms in total. The minimum absolute atomic E-state index is 0.873. The van der Waals surface area contributed by atoms with Crippen molar-refractivity contribution in [2.75, 3.05) is 26.2 Å². The van der Waals surface area contributed by atoms with Gasteiger partial charge in [-0.2, -0.15) is 0 Å². The Morgan fingerprint density at radius 2 is 0.857 bits per heavy atom. The predicted octanol–water partition coefficient (Wildman–Crippen LogP) is 7.70. The van der Waals surface area contributed by atoms with Gasteiger partial charge in [0.1, 0.15) is 0 Å². The second kappa shape index (κ2) is 15.2. The molecule has 0 aliphatic carbocycles. The van der Waals surface area contributed by atoms with E-state index in [0.29, 0.717) is 0 Å². The van der Waals surface area contributed by atoms with E-state index in [1.165, 1.54) is 57.6 Å². The summed E-state index contributed by atoms with van der Waals surface area (Å²) in [7, 11) is 0. The van der Waals surface area contributed by atoms with E-state index in [1.54, 1.807) is 0 Å². The summed E-state index contributed by atoms with van der Waals surface area (Å²) >= 11 is 0. The first-order valence-electron chi connectivity index (χ1n) is 15.8. The Balaban J connectivity index is 1.37. The highest BCUT2D eigenvalue weighted by Crippen LogP contribution is 2.17. The molecule has 0 unspecified atom stereocenters. The maximum absolute atomic E-state index is 5.19. The van der Waals surface area contributed by atoms with Gasteiger partial charge in [-0.15, -0.1) is 0 Å². The van der Waals surface area contributed by atoms with Crippen molar-refractivity contribution in [1.82, 2.24) is 19.7 Å². The third-order valence-electron chi connectivity index (χ3n) is 8.25.